The molecule has 6 heteroatoms. The SMILES string of the molecule is [C-]#[N+]c1c(-c2ccccc2)c(C#N)c(-n2c3ccccc3c3ccc4c5ccccc5oc4c32)c(-c2ccccc2)c1-n1c2cccc3c4ccccc4c4cncc1c4c32. The van der Waals surface area contributed by atoms with Crippen LogP contribution in [0, 0.1) is 17.9 Å². The van der Waals surface area contributed by atoms with E-state index in [1.807, 2.05) is 85.2 Å². The molecule has 9 aromatic carbocycles. The first-order valence-corrected chi connectivity index (χ1v) is 20.2. The molecule has 280 valence electrons. The summed E-state index contributed by atoms with van der Waals surface area (Å²) < 4.78 is 11.3. The lowest BCUT2D eigenvalue weighted by Crippen LogP contribution is -2.09. The van der Waals surface area contributed by atoms with Gasteiger partial charge in [0.25, 0.3) is 0 Å². The Bertz CT molecular complexity index is 3980. The first-order chi connectivity index (χ1) is 30.2. The van der Waals surface area contributed by atoms with Crippen molar-refractivity contribution in [2.24, 2.45) is 0 Å². The number of para-hydroxylation sites is 2. The van der Waals surface area contributed by atoms with Gasteiger partial charge in [-0.2, -0.15) is 5.26 Å². The molecule has 0 aliphatic rings. The Morgan fingerprint density at radius 2 is 1.10 bits per heavy atom. The normalized spacial score (nSPS) is 11.9. The van der Waals surface area contributed by atoms with Crippen molar-refractivity contribution in [3.8, 4) is 39.7 Å². The van der Waals surface area contributed by atoms with Crippen LogP contribution in [0.15, 0.2) is 181 Å². The van der Waals surface area contributed by atoms with Gasteiger partial charge in [-0.25, -0.2) is 4.85 Å². The molecule has 0 aliphatic carbocycles. The molecule has 0 unspecified atom stereocenters. The Kier molecular flexibility index (Phi) is 6.76. The Hall–Kier alpha value is -8.71. The highest BCUT2D eigenvalue weighted by Crippen LogP contribution is 2.54. The lowest BCUT2D eigenvalue weighted by atomic mass is 9.88. The molecule has 13 rings (SSSR count). The zero-order valence-corrected chi connectivity index (χ0v) is 32.4. The van der Waals surface area contributed by atoms with Crippen LogP contribution < -0.4 is 0 Å². The van der Waals surface area contributed by atoms with E-state index in [4.69, 9.17) is 16.0 Å². The molecule has 0 saturated carbocycles. The van der Waals surface area contributed by atoms with Crippen molar-refractivity contribution in [1.82, 2.24) is 14.1 Å². The summed E-state index contributed by atoms with van der Waals surface area (Å²) in [5.41, 5.74) is 10.2. The predicted molar refractivity (Wildman–Crippen MR) is 248 cm³/mol. The van der Waals surface area contributed by atoms with E-state index in [9.17, 15) is 5.26 Å². The fourth-order valence-electron chi connectivity index (χ4n) is 10.2. The minimum absolute atomic E-state index is 0.381. The highest BCUT2D eigenvalue weighted by atomic mass is 16.3. The van der Waals surface area contributed by atoms with Crippen LogP contribution in [-0.4, -0.2) is 14.1 Å². The first kappa shape index (κ1) is 33.3. The third-order valence-corrected chi connectivity index (χ3v) is 12.6. The van der Waals surface area contributed by atoms with Gasteiger partial charge in [0, 0.05) is 55.0 Å². The fraction of sp³-hybridized carbons (Fsp3) is 0. The van der Waals surface area contributed by atoms with Crippen molar-refractivity contribution in [3.63, 3.8) is 0 Å². The van der Waals surface area contributed by atoms with Crippen molar-refractivity contribution >= 4 is 92.8 Å². The van der Waals surface area contributed by atoms with Crippen molar-refractivity contribution in [2.45, 2.75) is 0 Å². The largest absolute Gasteiger partial charge is 0.454 e. The molecular weight excluding hydrogens is 747 g/mol. The number of nitriles is 1. The van der Waals surface area contributed by atoms with Gasteiger partial charge in [-0.1, -0.05) is 140 Å². The van der Waals surface area contributed by atoms with Crippen LogP contribution >= 0.6 is 0 Å². The summed E-state index contributed by atoms with van der Waals surface area (Å²) in [7, 11) is 0. The summed E-state index contributed by atoms with van der Waals surface area (Å²) in [6.45, 7) is 9.17. The minimum Gasteiger partial charge on any atom is -0.454 e. The average Bonchev–Trinajstić information content (AvgIpc) is 3.99. The number of pyridine rings is 1. The van der Waals surface area contributed by atoms with E-state index in [0.29, 0.717) is 28.2 Å². The second kappa shape index (κ2) is 12.4. The Morgan fingerprint density at radius 1 is 0.492 bits per heavy atom. The zero-order chi connectivity index (χ0) is 40.3. The molecule has 0 radical (unpaired) electrons. The summed E-state index contributed by atoms with van der Waals surface area (Å²) in [6.07, 6.45) is 3.89. The molecule has 6 nitrogen and oxygen atoms in total. The average molecular weight is 776 g/mol. The van der Waals surface area contributed by atoms with Crippen LogP contribution in [0.4, 0.5) is 5.69 Å². The fourth-order valence-corrected chi connectivity index (χ4v) is 10.2. The second-order valence-electron chi connectivity index (χ2n) is 15.6. The van der Waals surface area contributed by atoms with E-state index >= 15 is 0 Å². The molecule has 0 fully saturated rings. The van der Waals surface area contributed by atoms with Crippen LogP contribution in [0.3, 0.4) is 0 Å². The van der Waals surface area contributed by atoms with Crippen LogP contribution in [0.25, 0.3) is 126 Å². The zero-order valence-electron chi connectivity index (χ0n) is 32.4. The number of hydrogen-bond acceptors (Lipinski definition) is 3. The number of benzene rings is 9. The standard InChI is InChI=1S/C55H29N5O/c1-57-51-47(32-15-4-2-5-16-32)41(29-56)52(60-43-24-12-10-21-36(43)39-27-28-40-37-22-11-13-26-46(37)61-55(40)53(39)60)48(33-17-6-3-7-18-33)54(51)59-44-25-14-23-38-34-19-8-9-20-35(34)42-30-58-31-45(59)50(42)49(38)44/h2-28,30-31H. The topological polar surface area (TPSA) is 64.0 Å². The van der Waals surface area contributed by atoms with Gasteiger partial charge >= 0.3 is 0 Å². The second-order valence-corrected chi connectivity index (χ2v) is 15.6. The number of nitrogens with zero attached hydrogens (tertiary/aromatic N) is 5. The molecule has 0 N–H and O–H groups in total. The van der Waals surface area contributed by atoms with Crippen LogP contribution in [0.2, 0.25) is 0 Å². The lowest BCUT2D eigenvalue weighted by molar-refractivity contribution is 0.671. The smallest absolute Gasteiger partial charge is 0.220 e. The number of fused-ring (bicyclic) bond motifs is 10. The molecule has 0 bridgehead atoms. The number of rotatable bonds is 4. The molecule has 4 aromatic heterocycles. The van der Waals surface area contributed by atoms with Crippen LogP contribution in [-0.2, 0) is 0 Å². The molecule has 0 amide bonds. The van der Waals surface area contributed by atoms with E-state index in [2.05, 4.69) is 111 Å². The van der Waals surface area contributed by atoms with Crippen molar-refractivity contribution < 1.29 is 4.42 Å². The third-order valence-electron chi connectivity index (χ3n) is 12.6. The molecule has 4 heterocycles. The Labute approximate surface area is 348 Å². The monoisotopic (exact) mass is 775 g/mol. The molecular formula is C55H29N5O. The summed E-state index contributed by atoms with van der Waals surface area (Å²) >= 11 is 0. The van der Waals surface area contributed by atoms with Gasteiger partial charge in [0.15, 0.2) is 5.58 Å². The maximum Gasteiger partial charge on any atom is 0.220 e. The van der Waals surface area contributed by atoms with Gasteiger partial charge in [0.1, 0.15) is 11.7 Å². The van der Waals surface area contributed by atoms with E-state index in [1.54, 1.807) is 0 Å². The molecule has 0 atom stereocenters. The number of furan rings is 1. The predicted octanol–water partition coefficient (Wildman–Crippen LogP) is 14.7. The minimum atomic E-state index is 0.381. The molecule has 0 aliphatic heterocycles. The van der Waals surface area contributed by atoms with Gasteiger partial charge in [0.05, 0.1) is 51.8 Å². The maximum absolute atomic E-state index is 11.8. The van der Waals surface area contributed by atoms with Crippen LogP contribution in [0.5, 0.6) is 0 Å². The first-order valence-electron chi connectivity index (χ1n) is 20.2. The van der Waals surface area contributed by atoms with Gasteiger partial charge in [0.2, 0.25) is 5.69 Å². The molecule has 61 heavy (non-hydrogen) atoms. The van der Waals surface area contributed by atoms with Gasteiger partial charge < -0.3 is 13.6 Å². The van der Waals surface area contributed by atoms with Crippen molar-refractivity contribution in [3.05, 3.63) is 193 Å². The van der Waals surface area contributed by atoms with Gasteiger partial charge in [-0.3, -0.25) is 4.98 Å². The molecule has 0 spiro atoms. The van der Waals surface area contributed by atoms with Crippen molar-refractivity contribution in [2.75, 3.05) is 0 Å². The highest BCUT2D eigenvalue weighted by Gasteiger charge is 2.33. The van der Waals surface area contributed by atoms with Gasteiger partial charge in [-0.05, 0) is 51.6 Å². The summed E-state index contributed by atoms with van der Waals surface area (Å²) in [4.78, 5) is 9.37. The van der Waals surface area contributed by atoms with Gasteiger partial charge in [-0.15, -0.1) is 0 Å². The molecule has 13 aromatic rings. The summed E-state index contributed by atoms with van der Waals surface area (Å²) in [5.74, 6) is 0. The Morgan fingerprint density at radius 3 is 1.85 bits per heavy atom. The maximum atomic E-state index is 11.8. The van der Waals surface area contributed by atoms with E-state index in [-0.39, 0.29) is 0 Å². The third kappa shape index (κ3) is 4.35. The molecule has 0 saturated heterocycles. The van der Waals surface area contributed by atoms with E-state index < -0.39 is 0 Å². The quantitative estimate of drug-likeness (QED) is 0.132. The van der Waals surface area contributed by atoms with Crippen LogP contribution in [0.1, 0.15) is 5.56 Å². The Balaban J connectivity index is 1.34. The number of hydrogen-bond donors (Lipinski definition) is 0. The highest BCUT2D eigenvalue weighted by molar-refractivity contribution is 6.34. The lowest BCUT2D eigenvalue weighted by Gasteiger charge is -2.25. The number of aromatic nitrogens is 3. The van der Waals surface area contributed by atoms with Crippen molar-refractivity contribution in [1.29, 1.82) is 5.26 Å². The van der Waals surface area contributed by atoms with E-state index in [1.165, 1.54) is 0 Å². The summed E-state index contributed by atoms with van der Waals surface area (Å²) in [6, 6.07) is 58.6. The van der Waals surface area contributed by atoms with E-state index in [0.717, 1.165) is 104 Å². The summed E-state index contributed by atoms with van der Waals surface area (Å²) in [5, 5.41) is 22.4.